The van der Waals surface area contributed by atoms with Gasteiger partial charge in [0.1, 0.15) is 5.75 Å². The normalized spacial score (nSPS) is 15.2. The Morgan fingerprint density at radius 1 is 1.22 bits per heavy atom. The van der Waals surface area contributed by atoms with Gasteiger partial charge in [-0.2, -0.15) is 0 Å². The number of piperidine rings is 1. The first kappa shape index (κ1) is 17.9. The number of pyridine rings is 1. The summed E-state index contributed by atoms with van der Waals surface area (Å²) in [6, 6.07) is 13.3. The second-order valence-electron chi connectivity index (χ2n) is 6.87. The van der Waals surface area contributed by atoms with Gasteiger partial charge in [-0.1, -0.05) is 11.6 Å². The number of rotatable bonds is 5. The van der Waals surface area contributed by atoms with E-state index in [2.05, 4.69) is 16.0 Å². The third kappa shape index (κ3) is 4.25. The number of nitrogens with one attached hydrogen (secondary N) is 1. The molecule has 0 radical (unpaired) electrons. The Bertz CT molecular complexity index is 882. The van der Waals surface area contributed by atoms with Gasteiger partial charge in [0, 0.05) is 35.9 Å². The molecule has 0 bridgehead atoms. The maximum absolute atomic E-state index is 12.4. The number of likely N-dealkylation sites (tertiary alicyclic amines) is 1. The SMILES string of the molecule is O=C(CCOc1ccc(Cl)cc1)N1CCC(c2cc3ncccc3[nH]2)CC1. The van der Waals surface area contributed by atoms with Crippen molar-refractivity contribution in [2.24, 2.45) is 0 Å². The van der Waals surface area contributed by atoms with Crippen molar-refractivity contribution in [3.63, 3.8) is 0 Å². The standard InChI is InChI=1S/C21H22ClN3O2/c22-16-3-5-17(6-4-16)27-13-9-21(26)25-11-7-15(8-12-25)19-14-20-18(24-19)2-1-10-23-20/h1-6,10,14-15,24H,7-9,11-13H2. The minimum atomic E-state index is 0.153. The molecule has 2 aromatic heterocycles. The molecule has 27 heavy (non-hydrogen) atoms. The first-order chi connectivity index (χ1) is 13.2. The number of fused-ring (bicyclic) bond motifs is 1. The van der Waals surface area contributed by atoms with Crippen molar-refractivity contribution in [1.82, 2.24) is 14.9 Å². The molecule has 0 aliphatic carbocycles. The number of hydrogen-bond acceptors (Lipinski definition) is 3. The molecule has 1 amide bonds. The molecule has 1 aliphatic heterocycles. The number of benzene rings is 1. The Labute approximate surface area is 163 Å². The van der Waals surface area contributed by atoms with E-state index >= 15 is 0 Å². The van der Waals surface area contributed by atoms with Crippen LogP contribution < -0.4 is 4.74 Å². The van der Waals surface area contributed by atoms with Crippen LogP contribution in [0, 0.1) is 0 Å². The highest BCUT2D eigenvalue weighted by Gasteiger charge is 2.24. The fourth-order valence-corrected chi connectivity index (χ4v) is 3.71. The summed E-state index contributed by atoms with van der Waals surface area (Å²) in [5.74, 6) is 1.34. The third-order valence-corrected chi connectivity index (χ3v) is 5.35. The average Bonchev–Trinajstić information content (AvgIpc) is 3.14. The van der Waals surface area contributed by atoms with Crippen LogP contribution in [-0.2, 0) is 4.79 Å². The van der Waals surface area contributed by atoms with E-state index in [-0.39, 0.29) is 5.91 Å². The zero-order chi connectivity index (χ0) is 18.6. The molecular weight excluding hydrogens is 362 g/mol. The zero-order valence-corrected chi connectivity index (χ0v) is 15.8. The van der Waals surface area contributed by atoms with Crippen molar-refractivity contribution in [2.75, 3.05) is 19.7 Å². The molecular formula is C21H22ClN3O2. The van der Waals surface area contributed by atoms with E-state index in [0.717, 1.165) is 42.7 Å². The van der Waals surface area contributed by atoms with Crippen molar-refractivity contribution in [2.45, 2.75) is 25.2 Å². The van der Waals surface area contributed by atoms with Crippen LogP contribution in [0.3, 0.4) is 0 Å². The van der Waals surface area contributed by atoms with Crippen LogP contribution in [0.2, 0.25) is 5.02 Å². The summed E-state index contributed by atoms with van der Waals surface area (Å²) in [5, 5.41) is 0.673. The Balaban J connectivity index is 1.25. The van der Waals surface area contributed by atoms with Crippen LogP contribution in [-0.4, -0.2) is 40.5 Å². The fourth-order valence-electron chi connectivity index (χ4n) is 3.58. The van der Waals surface area contributed by atoms with Crippen LogP contribution in [0.5, 0.6) is 5.75 Å². The van der Waals surface area contributed by atoms with Crippen molar-refractivity contribution < 1.29 is 9.53 Å². The summed E-state index contributed by atoms with van der Waals surface area (Å²) in [6.07, 6.45) is 4.14. The molecule has 1 N–H and O–H groups in total. The molecule has 140 valence electrons. The number of halogens is 1. The van der Waals surface area contributed by atoms with Crippen molar-refractivity contribution in [3.05, 3.63) is 59.4 Å². The first-order valence-corrected chi connectivity index (χ1v) is 9.66. The maximum Gasteiger partial charge on any atom is 0.225 e. The second-order valence-corrected chi connectivity index (χ2v) is 7.30. The number of carbonyl (C=O) groups is 1. The minimum absolute atomic E-state index is 0.153. The number of H-pyrrole nitrogens is 1. The van der Waals surface area contributed by atoms with E-state index in [1.165, 1.54) is 5.69 Å². The quantitative estimate of drug-likeness (QED) is 0.710. The molecule has 1 aliphatic rings. The number of aromatic amines is 1. The Kier molecular flexibility index (Phi) is 5.30. The number of nitrogens with zero attached hydrogens (tertiary/aromatic N) is 2. The summed E-state index contributed by atoms with van der Waals surface area (Å²) in [6.45, 7) is 1.95. The van der Waals surface area contributed by atoms with E-state index in [9.17, 15) is 4.79 Å². The lowest BCUT2D eigenvalue weighted by atomic mass is 9.93. The van der Waals surface area contributed by atoms with Gasteiger partial charge in [-0.3, -0.25) is 9.78 Å². The highest BCUT2D eigenvalue weighted by molar-refractivity contribution is 6.30. The first-order valence-electron chi connectivity index (χ1n) is 9.29. The van der Waals surface area contributed by atoms with Gasteiger partial charge in [0.15, 0.2) is 0 Å². The van der Waals surface area contributed by atoms with Crippen molar-refractivity contribution in [1.29, 1.82) is 0 Å². The van der Waals surface area contributed by atoms with Gasteiger partial charge in [-0.15, -0.1) is 0 Å². The average molecular weight is 384 g/mol. The molecule has 1 saturated heterocycles. The van der Waals surface area contributed by atoms with Crippen LogP contribution in [0.15, 0.2) is 48.7 Å². The number of carbonyl (C=O) groups excluding carboxylic acids is 1. The van der Waals surface area contributed by atoms with Gasteiger partial charge in [0.25, 0.3) is 0 Å². The van der Waals surface area contributed by atoms with Crippen LogP contribution in [0.4, 0.5) is 0 Å². The summed E-state index contributed by atoms with van der Waals surface area (Å²) in [7, 11) is 0. The molecule has 0 saturated carbocycles. The lowest BCUT2D eigenvalue weighted by Crippen LogP contribution is -2.38. The van der Waals surface area contributed by atoms with E-state index in [4.69, 9.17) is 16.3 Å². The van der Waals surface area contributed by atoms with Gasteiger partial charge in [-0.25, -0.2) is 0 Å². The fraction of sp³-hybridized carbons (Fsp3) is 0.333. The molecule has 0 unspecified atom stereocenters. The number of amides is 1. The highest BCUT2D eigenvalue weighted by atomic mass is 35.5. The number of aromatic nitrogens is 2. The van der Waals surface area contributed by atoms with Gasteiger partial charge in [0.2, 0.25) is 5.91 Å². The van der Waals surface area contributed by atoms with Crippen LogP contribution in [0.25, 0.3) is 11.0 Å². The third-order valence-electron chi connectivity index (χ3n) is 5.10. The topological polar surface area (TPSA) is 58.2 Å². The second kappa shape index (κ2) is 8.01. The molecule has 3 aromatic rings. The molecule has 1 fully saturated rings. The molecule has 3 heterocycles. The van der Waals surface area contributed by atoms with E-state index < -0.39 is 0 Å². The largest absolute Gasteiger partial charge is 0.493 e. The molecule has 4 rings (SSSR count). The smallest absolute Gasteiger partial charge is 0.225 e. The Morgan fingerprint density at radius 3 is 2.74 bits per heavy atom. The van der Waals surface area contributed by atoms with Crippen LogP contribution in [0.1, 0.15) is 30.9 Å². The molecule has 0 atom stereocenters. The maximum atomic E-state index is 12.4. The molecule has 5 nitrogen and oxygen atoms in total. The summed E-state index contributed by atoms with van der Waals surface area (Å²) in [4.78, 5) is 22.2. The minimum Gasteiger partial charge on any atom is -0.493 e. The Hall–Kier alpha value is -2.53. The molecule has 1 aromatic carbocycles. The number of hydrogen-bond donors (Lipinski definition) is 1. The summed E-state index contributed by atoms with van der Waals surface area (Å²) in [5.41, 5.74) is 3.30. The lowest BCUT2D eigenvalue weighted by molar-refractivity contribution is -0.132. The highest BCUT2D eigenvalue weighted by Crippen LogP contribution is 2.29. The van der Waals surface area contributed by atoms with Gasteiger partial charge in [0.05, 0.1) is 24.1 Å². The van der Waals surface area contributed by atoms with Crippen LogP contribution >= 0.6 is 11.6 Å². The number of ether oxygens (including phenoxy) is 1. The van der Waals surface area contributed by atoms with E-state index in [1.807, 2.05) is 35.4 Å². The van der Waals surface area contributed by atoms with Crippen molar-refractivity contribution in [3.8, 4) is 5.75 Å². The van der Waals surface area contributed by atoms with Gasteiger partial charge >= 0.3 is 0 Å². The summed E-state index contributed by atoms with van der Waals surface area (Å²) < 4.78 is 5.63. The predicted molar refractivity (Wildman–Crippen MR) is 106 cm³/mol. The predicted octanol–water partition coefficient (Wildman–Crippen LogP) is 4.39. The van der Waals surface area contributed by atoms with Gasteiger partial charge < -0.3 is 14.6 Å². The molecule has 6 heteroatoms. The monoisotopic (exact) mass is 383 g/mol. The lowest BCUT2D eigenvalue weighted by Gasteiger charge is -2.31. The Morgan fingerprint density at radius 2 is 2.00 bits per heavy atom. The van der Waals surface area contributed by atoms with E-state index in [1.54, 1.807) is 12.1 Å². The zero-order valence-electron chi connectivity index (χ0n) is 15.0. The van der Waals surface area contributed by atoms with E-state index in [0.29, 0.717) is 24.0 Å². The van der Waals surface area contributed by atoms with Gasteiger partial charge in [-0.05, 0) is 55.3 Å². The molecule has 0 spiro atoms. The van der Waals surface area contributed by atoms with Crippen molar-refractivity contribution >= 4 is 28.5 Å². The summed E-state index contributed by atoms with van der Waals surface area (Å²) >= 11 is 5.85.